The zero-order valence-corrected chi connectivity index (χ0v) is 8.87. The van der Waals surface area contributed by atoms with Gasteiger partial charge in [-0.3, -0.25) is 5.32 Å². The van der Waals surface area contributed by atoms with Crippen LogP contribution >= 0.6 is 15.9 Å². The number of terminal acetylenes is 1. The molecule has 1 rings (SSSR count). The molecule has 1 aromatic rings. The van der Waals surface area contributed by atoms with Gasteiger partial charge in [0.25, 0.3) is 0 Å². The van der Waals surface area contributed by atoms with E-state index in [1.165, 1.54) is 0 Å². The average Bonchev–Trinajstić information content (AvgIpc) is 2.15. The fourth-order valence-corrected chi connectivity index (χ4v) is 1.05. The Kier molecular flexibility index (Phi) is 3.87. The minimum absolute atomic E-state index is 0.0872. The Morgan fingerprint density at radius 3 is 2.77 bits per heavy atom. The van der Waals surface area contributed by atoms with Crippen molar-refractivity contribution in [2.24, 2.45) is 0 Å². The molecule has 1 N–H and O–H groups in total. The molecule has 0 aliphatic heterocycles. The predicted molar refractivity (Wildman–Crippen MR) is 55.0 cm³/mol. The van der Waals surface area contributed by atoms with Gasteiger partial charge in [0, 0.05) is 12.4 Å². The molecule has 0 aliphatic rings. The molecule has 0 aliphatic carbocycles. The van der Waals surface area contributed by atoms with Crippen molar-refractivity contribution in [3.8, 4) is 12.3 Å². The summed E-state index contributed by atoms with van der Waals surface area (Å²) in [5, 5.41) is 3.09. The van der Waals surface area contributed by atoms with Crippen LogP contribution in [0.15, 0.2) is 16.9 Å². The third kappa shape index (κ3) is 3.13. The topological polar surface area (TPSA) is 37.8 Å². The van der Waals surface area contributed by atoms with Gasteiger partial charge in [-0.2, -0.15) is 0 Å². The number of hydrogen-bond donors (Lipinski definition) is 1. The highest BCUT2D eigenvalue weighted by atomic mass is 79.9. The van der Waals surface area contributed by atoms with Crippen LogP contribution in [0.25, 0.3) is 0 Å². The first-order chi connectivity index (χ1) is 6.24. The van der Waals surface area contributed by atoms with Gasteiger partial charge in [0.05, 0.1) is 17.1 Å². The summed E-state index contributed by atoms with van der Waals surface area (Å²) < 4.78 is 0.875. The monoisotopic (exact) mass is 239 g/mol. The van der Waals surface area contributed by atoms with E-state index in [0.29, 0.717) is 6.54 Å². The third-order valence-corrected chi connectivity index (χ3v) is 1.95. The Hall–Kier alpha value is -0.920. The maximum Gasteiger partial charge on any atom is 0.144 e. The lowest BCUT2D eigenvalue weighted by molar-refractivity contribution is 0.586. The summed E-state index contributed by atoms with van der Waals surface area (Å²) in [5.74, 6) is 3.25. The SMILES string of the molecule is C#CCNC(C)c1ncc(Br)cn1. The minimum atomic E-state index is 0.0872. The van der Waals surface area contributed by atoms with Crippen LogP contribution in [0.3, 0.4) is 0 Å². The van der Waals surface area contributed by atoms with Crippen LogP contribution in [0.5, 0.6) is 0 Å². The fraction of sp³-hybridized carbons (Fsp3) is 0.333. The average molecular weight is 240 g/mol. The number of nitrogens with one attached hydrogen (secondary N) is 1. The third-order valence-electron chi connectivity index (χ3n) is 1.54. The van der Waals surface area contributed by atoms with Crippen LogP contribution < -0.4 is 5.32 Å². The highest BCUT2D eigenvalue weighted by molar-refractivity contribution is 9.10. The van der Waals surface area contributed by atoms with Gasteiger partial charge >= 0.3 is 0 Å². The molecule has 1 aromatic heterocycles. The molecular weight excluding hydrogens is 230 g/mol. The normalized spacial score (nSPS) is 12.1. The second-order valence-electron chi connectivity index (χ2n) is 2.57. The Bertz CT molecular complexity index is 302. The molecule has 0 bridgehead atoms. The van der Waals surface area contributed by atoms with Gasteiger partial charge in [-0.25, -0.2) is 9.97 Å². The van der Waals surface area contributed by atoms with Gasteiger partial charge in [0.2, 0.25) is 0 Å². The Morgan fingerprint density at radius 1 is 1.62 bits per heavy atom. The van der Waals surface area contributed by atoms with E-state index in [1.807, 2.05) is 6.92 Å². The number of hydrogen-bond acceptors (Lipinski definition) is 3. The van der Waals surface area contributed by atoms with E-state index in [0.717, 1.165) is 10.3 Å². The van der Waals surface area contributed by atoms with Gasteiger partial charge in [-0.05, 0) is 22.9 Å². The van der Waals surface area contributed by atoms with Crippen molar-refractivity contribution in [2.75, 3.05) is 6.54 Å². The van der Waals surface area contributed by atoms with Crippen LogP contribution in [0.2, 0.25) is 0 Å². The molecule has 1 unspecified atom stereocenters. The molecule has 0 radical (unpaired) electrons. The molecule has 0 spiro atoms. The first-order valence-electron chi connectivity index (χ1n) is 3.88. The van der Waals surface area contributed by atoms with Gasteiger partial charge < -0.3 is 0 Å². The van der Waals surface area contributed by atoms with Crippen molar-refractivity contribution in [1.29, 1.82) is 0 Å². The largest absolute Gasteiger partial charge is 0.297 e. The number of nitrogens with zero attached hydrogens (tertiary/aromatic N) is 2. The Balaban J connectivity index is 2.62. The summed E-state index contributed by atoms with van der Waals surface area (Å²) in [6, 6.07) is 0.0872. The lowest BCUT2D eigenvalue weighted by Crippen LogP contribution is -2.20. The molecule has 0 aromatic carbocycles. The fourth-order valence-electron chi connectivity index (χ4n) is 0.849. The molecule has 3 nitrogen and oxygen atoms in total. The number of rotatable bonds is 3. The lowest BCUT2D eigenvalue weighted by Gasteiger charge is -2.09. The highest BCUT2D eigenvalue weighted by Crippen LogP contribution is 2.09. The van der Waals surface area contributed by atoms with Crippen LogP contribution in [0.4, 0.5) is 0 Å². The van der Waals surface area contributed by atoms with Crippen molar-refractivity contribution < 1.29 is 0 Å². The molecule has 1 heterocycles. The summed E-state index contributed by atoms with van der Waals surface area (Å²) in [5.41, 5.74) is 0. The molecular formula is C9H10BrN3. The van der Waals surface area contributed by atoms with E-state index in [4.69, 9.17) is 6.42 Å². The van der Waals surface area contributed by atoms with Crippen molar-refractivity contribution in [3.05, 3.63) is 22.7 Å². The van der Waals surface area contributed by atoms with Crippen LogP contribution in [0, 0.1) is 12.3 Å². The van der Waals surface area contributed by atoms with Crippen molar-refractivity contribution in [2.45, 2.75) is 13.0 Å². The summed E-state index contributed by atoms with van der Waals surface area (Å²) >= 11 is 3.27. The van der Waals surface area contributed by atoms with Crippen LogP contribution in [-0.4, -0.2) is 16.5 Å². The van der Waals surface area contributed by atoms with E-state index in [-0.39, 0.29) is 6.04 Å². The van der Waals surface area contributed by atoms with E-state index in [1.54, 1.807) is 12.4 Å². The van der Waals surface area contributed by atoms with E-state index in [9.17, 15) is 0 Å². The molecule has 68 valence electrons. The standard InChI is InChI=1S/C9H10BrN3/c1-3-4-11-7(2)9-12-5-8(10)6-13-9/h1,5-7,11H,4H2,2H3. The van der Waals surface area contributed by atoms with Crippen molar-refractivity contribution in [1.82, 2.24) is 15.3 Å². The molecule has 0 saturated heterocycles. The number of aromatic nitrogens is 2. The quantitative estimate of drug-likeness (QED) is 0.814. The molecule has 1 atom stereocenters. The van der Waals surface area contributed by atoms with Crippen molar-refractivity contribution >= 4 is 15.9 Å². The summed E-state index contributed by atoms with van der Waals surface area (Å²) in [4.78, 5) is 8.28. The van der Waals surface area contributed by atoms with E-state index >= 15 is 0 Å². The van der Waals surface area contributed by atoms with Gasteiger partial charge in [0.1, 0.15) is 5.82 Å². The Labute approximate surface area is 86.1 Å². The first kappa shape index (κ1) is 10.2. The highest BCUT2D eigenvalue weighted by Gasteiger charge is 2.05. The summed E-state index contributed by atoms with van der Waals surface area (Å²) in [7, 11) is 0. The Morgan fingerprint density at radius 2 is 2.23 bits per heavy atom. The molecule has 0 saturated carbocycles. The first-order valence-corrected chi connectivity index (χ1v) is 4.67. The summed E-state index contributed by atoms with van der Waals surface area (Å²) in [6.45, 7) is 2.50. The molecule has 0 amide bonds. The van der Waals surface area contributed by atoms with Crippen molar-refractivity contribution in [3.63, 3.8) is 0 Å². The van der Waals surface area contributed by atoms with Gasteiger partial charge in [0.15, 0.2) is 0 Å². The molecule has 0 fully saturated rings. The maximum absolute atomic E-state index is 5.12. The summed E-state index contributed by atoms with van der Waals surface area (Å²) in [6.07, 6.45) is 8.56. The second kappa shape index (κ2) is 4.95. The van der Waals surface area contributed by atoms with Gasteiger partial charge in [-0.1, -0.05) is 5.92 Å². The zero-order chi connectivity index (χ0) is 9.68. The van der Waals surface area contributed by atoms with E-state index in [2.05, 4.69) is 37.1 Å². The van der Waals surface area contributed by atoms with Crippen LogP contribution in [-0.2, 0) is 0 Å². The van der Waals surface area contributed by atoms with E-state index < -0.39 is 0 Å². The zero-order valence-electron chi connectivity index (χ0n) is 7.29. The minimum Gasteiger partial charge on any atom is -0.297 e. The van der Waals surface area contributed by atoms with Gasteiger partial charge in [-0.15, -0.1) is 6.42 Å². The lowest BCUT2D eigenvalue weighted by atomic mass is 10.3. The van der Waals surface area contributed by atoms with Crippen LogP contribution in [0.1, 0.15) is 18.8 Å². The second-order valence-corrected chi connectivity index (χ2v) is 3.48. The maximum atomic E-state index is 5.12. The predicted octanol–water partition coefficient (Wildman–Crippen LogP) is 1.52. The number of halogens is 1. The molecule has 4 heteroatoms. The smallest absolute Gasteiger partial charge is 0.144 e. The molecule has 13 heavy (non-hydrogen) atoms.